The van der Waals surface area contributed by atoms with Crippen LogP contribution < -0.4 is 10.1 Å². The molecule has 0 saturated heterocycles. The highest BCUT2D eigenvalue weighted by atomic mass is 79.9. The van der Waals surface area contributed by atoms with Gasteiger partial charge < -0.3 is 10.1 Å². The van der Waals surface area contributed by atoms with Gasteiger partial charge >= 0.3 is 0 Å². The van der Waals surface area contributed by atoms with E-state index >= 15 is 0 Å². The molecule has 122 valence electrons. The van der Waals surface area contributed by atoms with Crippen LogP contribution in [-0.2, 0) is 4.79 Å². The smallest absolute Gasteiger partial charge is 0.258 e. The number of hydrogen-bond donors (Lipinski definition) is 1. The zero-order chi connectivity index (χ0) is 16.1. The van der Waals surface area contributed by atoms with Gasteiger partial charge in [0.2, 0.25) is 5.88 Å². The molecule has 5 nitrogen and oxygen atoms in total. The second kappa shape index (κ2) is 7.73. The summed E-state index contributed by atoms with van der Waals surface area (Å²) in [6.45, 7) is -0.0187. The first kappa shape index (κ1) is 16.2. The fraction of sp³-hybridized carbons (Fsp3) is 0.471. The molecular weight excluding hydrogens is 358 g/mol. The third kappa shape index (κ3) is 4.41. The summed E-state index contributed by atoms with van der Waals surface area (Å²) >= 11 is 3.43. The van der Waals surface area contributed by atoms with Gasteiger partial charge in [-0.15, -0.1) is 0 Å². The second-order valence-electron chi connectivity index (χ2n) is 5.88. The van der Waals surface area contributed by atoms with E-state index in [4.69, 9.17) is 4.74 Å². The maximum Gasteiger partial charge on any atom is 0.258 e. The summed E-state index contributed by atoms with van der Waals surface area (Å²) in [6.07, 6.45) is 8.50. The molecule has 1 aliphatic rings. The molecule has 1 aromatic heterocycles. The van der Waals surface area contributed by atoms with Crippen molar-refractivity contribution in [3.8, 4) is 5.88 Å². The molecule has 1 fully saturated rings. The first-order valence-corrected chi connectivity index (χ1v) is 8.84. The lowest BCUT2D eigenvalue weighted by Gasteiger charge is -2.16. The largest absolute Gasteiger partial charge is 0.467 e. The Kier molecular flexibility index (Phi) is 5.43. The van der Waals surface area contributed by atoms with E-state index in [-0.39, 0.29) is 18.6 Å². The monoisotopic (exact) mass is 377 g/mol. The highest BCUT2D eigenvalue weighted by molar-refractivity contribution is 9.10. The molecule has 6 heteroatoms. The summed E-state index contributed by atoms with van der Waals surface area (Å²) in [5, 5.41) is 3.87. The molecule has 0 radical (unpaired) electrons. The van der Waals surface area contributed by atoms with Crippen molar-refractivity contribution < 1.29 is 9.53 Å². The van der Waals surface area contributed by atoms with Gasteiger partial charge in [0.15, 0.2) is 6.61 Å². The minimum atomic E-state index is -0.0846. The van der Waals surface area contributed by atoms with Crippen LogP contribution in [0.1, 0.15) is 38.5 Å². The molecule has 0 atom stereocenters. The van der Waals surface area contributed by atoms with Crippen molar-refractivity contribution in [2.45, 2.75) is 44.6 Å². The lowest BCUT2D eigenvalue weighted by Crippen LogP contribution is -2.37. The predicted molar refractivity (Wildman–Crippen MR) is 92.4 cm³/mol. The average Bonchev–Trinajstić information content (AvgIpc) is 2.81. The average molecular weight is 378 g/mol. The van der Waals surface area contributed by atoms with E-state index < -0.39 is 0 Å². The Hall–Kier alpha value is -1.69. The van der Waals surface area contributed by atoms with E-state index in [0.717, 1.165) is 28.2 Å². The third-order valence-corrected chi connectivity index (χ3v) is 4.61. The fourth-order valence-corrected chi connectivity index (χ4v) is 3.31. The molecule has 1 aliphatic carbocycles. The van der Waals surface area contributed by atoms with Crippen molar-refractivity contribution in [3.05, 3.63) is 29.0 Å². The molecule has 0 aliphatic heterocycles. The van der Waals surface area contributed by atoms with Crippen LogP contribution in [0, 0.1) is 0 Å². The van der Waals surface area contributed by atoms with Gasteiger partial charge in [-0.05, 0) is 31.0 Å². The highest BCUT2D eigenvalue weighted by Gasteiger charge is 2.15. The van der Waals surface area contributed by atoms with Gasteiger partial charge in [0.25, 0.3) is 5.91 Å². The van der Waals surface area contributed by atoms with Crippen molar-refractivity contribution in [2.75, 3.05) is 6.61 Å². The summed E-state index contributed by atoms with van der Waals surface area (Å²) in [5.41, 5.74) is 0.794. The number of amides is 1. The summed E-state index contributed by atoms with van der Waals surface area (Å²) in [4.78, 5) is 20.5. The van der Waals surface area contributed by atoms with Crippen LogP contribution in [0.3, 0.4) is 0 Å². The van der Waals surface area contributed by atoms with Crippen LogP contribution >= 0.6 is 15.9 Å². The highest BCUT2D eigenvalue weighted by Crippen LogP contribution is 2.24. The van der Waals surface area contributed by atoms with Crippen LogP contribution in [0.5, 0.6) is 5.88 Å². The third-order valence-electron chi connectivity index (χ3n) is 4.12. The molecule has 1 amide bonds. The SMILES string of the molecule is O=C(COc1ncnc2ccc(Br)cc12)NC1CCCCCC1. The quantitative estimate of drug-likeness (QED) is 0.826. The minimum absolute atomic E-state index is 0.0187. The Balaban J connectivity index is 1.61. The topological polar surface area (TPSA) is 64.1 Å². The number of hydrogen-bond acceptors (Lipinski definition) is 4. The number of rotatable bonds is 4. The molecule has 1 saturated carbocycles. The van der Waals surface area contributed by atoms with E-state index in [0.29, 0.717) is 5.88 Å². The fourth-order valence-electron chi connectivity index (χ4n) is 2.95. The van der Waals surface area contributed by atoms with Crippen molar-refractivity contribution in [2.24, 2.45) is 0 Å². The molecule has 0 unspecified atom stereocenters. The van der Waals surface area contributed by atoms with Crippen LogP contribution in [0.2, 0.25) is 0 Å². The Morgan fingerprint density at radius 2 is 2.00 bits per heavy atom. The van der Waals surface area contributed by atoms with E-state index in [2.05, 4.69) is 31.2 Å². The van der Waals surface area contributed by atoms with Gasteiger partial charge in [-0.1, -0.05) is 41.6 Å². The molecule has 0 bridgehead atoms. The maximum absolute atomic E-state index is 12.1. The van der Waals surface area contributed by atoms with Crippen molar-refractivity contribution in [3.63, 3.8) is 0 Å². The molecule has 23 heavy (non-hydrogen) atoms. The lowest BCUT2D eigenvalue weighted by molar-refractivity contribution is -0.123. The maximum atomic E-state index is 12.1. The summed E-state index contributed by atoms with van der Waals surface area (Å²) in [7, 11) is 0. The van der Waals surface area contributed by atoms with Gasteiger partial charge in [0.1, 0.15) is 6.33 Å². The molecule has 0 spiro atoms. The van der Waals surface area contributed by atoms with Crippen LogP contribution in [0.4, 0.5) is 0 Å². The second-order valence-corrected chi connectivity index (χ2v) is 6.80. The number of carbonyl (C=O) groups excluding carboxylic acids is 1. The number of ether oxygens (including phenoxy) is 1. The Labute approximate surface area is 144 Å². The van der Waals surface area contributed by atoms with Crippen molar-refractivity contribution in [1.29, 1.82) is 0 Å². The lowest BCUT2D eigenvalue weighted by atomic mass is 10.1. The summed E-state index contributed by atoms with van der Waals surface area (Å²) in [5.74, 6) is 0.353. The van der Waals surface area contributed by atoms with E-state index in [1.807, 2.05) is 18.2 Å². The standard InChI is InChI=1S/C17H20BrN3O2/c18-12-7-8-15-14(9-12)17(20-11-19-15)23-10-16(22)21-13-5-3-1-2-4-6-13/h7-9,11,13H,1-6,10H2,(H,21,22). The summed E-state index contributed by atoms with van der Waals surface area (Å²) in [6, 6.07) is 5.98. The number of carbonyl (C=O) groups is 1. The zero-order valence-electron chi connectivity index (χ0n) is 12.9. The van der Waals surface area contributed by atoms with Crippen LogP contribution in [-0.4, -0.2) is 28.5 Å². The zero-order valence-corrected chi connectivity index (χ0v) is 14.5. The van der Waals surface area contributed by atoms with Crippen molar-refractivity contribution >= 4 is 32.7 Å². The first-order valence-electron chi connectivity index (χ1n) is 8.05. The van der Waals surface area contributed by atoms with Gasteiger partial charge in [-0.25, -0.2) is 9.97 Å². The first-order chi connectivity index (χ1) is 11.2. The van der Waals surface area contributed by atoms with Gasteiger partial charge in [0, 0.05) is 10.5 Å². The number of halogens is 1. The summed E-state index contributed by atoms with van der Waals surface area (Å²) < 4.78 is 6.55. The van der Waals surface area contributed by atoms with E-state index in [1.165, 1.54) is 32.0 Å². The van der Waals surface area contributed by atoms with Crippen molar-refractivity contribution in [1.82, 2.24) is 15.3 Å². The number of nitrogens with one attached hydrogen (secondary N) is 1. The Morgan fingerprint density at radius 1 is 1.22 bits per heavy atom. The molecule has 3 rings (SSSR count). The number of fused-ring (bicyclic) bond motifs is 1. The number of benzene rings is 1. The molecule has 1 heterocycles. The molecule has 2 aromatic rings. The van der Waals surface area contributed by atoms with Crippen LogP contribution in [0.15, 0.2) is 29.0 Å². The Morgan fingerprint density at radius 3 is 2.78 bits per heavy atom. The van der Waals surface area contributed by atoms with Gasteiger partial charge in [-0.3, -0.25) is 4.79 Å². The van der Waals surface area contributed by atoms with E-state index in [9.17, 15) is 4.79 Å². The Bertz CT molecular complexity index is 685. The van der Waals surface area contributed by atoms with Gasteiger partial charge in [0.05, 0.1) is 10.9 Å². The number of aromatic nitrogens is 2. The van der Waals surface area contributed by atoms with Crippen LogP contribution in [0.25, 0.3) is 10.9 Å². The molecule has 1 aromatic carbocycles. The number of nitrogens with zero attached hydrogens (tertiary/aromatic N) is 2. The molecule has 1 N–H and O–H groups in total. The normalized spacial score (nSPS) is 16.0. The predicted octanol–water partition coefficient (Wildman–Crippen LogP) is 3.61. The van der Waals surface area contributed by atoms with Gasteiger partial charge in [-0.2, -0.15) is 0 Å². The van der Waals surface area contributed by atoms with E-state index in [1.54, 1.807) is 0 Å². The minimum Gasteiger partial charge on any atom is -0.467 e. The molecular formula is C17H20BrN3O2.